The van der Waals surface area contributed by atoms with Crippen molar-refractivity contribution in [2.45, 2.75) is 13.5 Å². The van der Waals surface area contributed by atoms with Gasteiger partial charge in [-0.3, -0.25) is 4.68 Å². The number of para-hydroxylation sites is 2. The Kier molecular flexibility index (Phi) is 6.01. The molecule has 0 amide bonds. The number of hydrogen-bond donors (Lipinski definition) is 2. The highest BCUT2D eigenvalue weighted by atomic mass is 79.9. The first-order valence-corrected chi connectivity index (χ1v) is 7.84. The Hall–Kier alpha value is -1.60. The topological polar surface area (TPSA) is 51.1 Å². The van der Waals surface area contributed by atoms with E-state index >= 15 is 0 Å². The molecule has 0 bridgehead atoms. The van der Waals surface area contributed by atoms with Gasteiger partial charge in [-0.2, -0.15) is 5.10 Å². The van der Waals surface area contributed by atoms with Crippen LogP contribution in [0, 0.1) is 0 Å². The fourth-order valence-electron chi connectivity index (χ4n) is 1.76. The van der Waals surface area contributed by atoms with Gasteiger partial charge in [0.1, 0.15) is 5.75 Å². The van der Waals surface area contributed by atoms with Gasteiger partial charge in [0.2, 0.25) is 0 Å². The average molecular weight is 369 g/mol. The van der Waals surface area contributed by atoms with E-state index in [1.165, 1.54) is 0 Å². The molecule has 0 unspecified atom stereocenters. The van der Waals surface area contributed by atoms with E-state index in [0.29, 0.717) is 18.3 Å². The van der Waals surface area contributed by atoms with E-state index < -0.39 is 0 Å². The minimum absolute atomic E-state index is 0.563. The van der Waals surface area contributed by atoms with E-state index in [9.17, 15) is 0 Å². The predicted molar refractivity (Wildman–Crippen MR) is 91.8 cm³/mol. The maximum absolute atomic E-state index is 5.55. The monoisotopic (exact) mass is 368 g/mol. The van der Waals surface area contributed by atoms with Gasteiger partial charge in [-0.15, -0.1) is 0 Å². The highest BCUT2D eigenvalue weighted by Gasteiger charge is 2.04. The Bertz CT molecular complexity index is 602. The average Bonchev–Trinajstić information content (AvgIpc) is 2.87. The van der Waals surface area contributed by atoms with Crippen LogP contribution in [-0.4, -0.2) is 28.0 Å². The summed E-state index contributed by atoms with van der Waals surface area (Å²) < 4.78 is 8.35. The minimum atomic E-state index is 0.563. The van der Waals surface area contributed by atoms with Crippen LogP contribution in [0.1, 0.15) is 6.92 Å². The maximum Gasteiger partial charge on any atom is 0.170 e. The van der Waals surface area contributed by atoms with Crippen LogP contribution in [0.2, 0.25) is 0 Å². The van der Waals surface area contributed by atoms with E-state index in [0.717, 1.165) is 22.5 Å². The van der Waals surface area contributed by atoms with Crippen molar-refractivity contribution in [3.05, 3.63) is 41.1 Å². The molecule has 7 heteroatoms. The normalized spacial score (nSPS) is 10.2. The van der Waals surface area contributed by atoms with E-state index in [-0.39, 0.29) is 0 Å². The zero-order valence-corrected chi connectivity index (χ0v) is 14.1. The Balaban J connectivity index is 1.81. The number of nitrogens with one attached hydrogen (secondary N) is 2. The number of hydrogen-bond acceptors (Lipinski definition) is 3. The smallest absolute Gasteiger partial charge is 0.170 e. The second kappa shape index (κ2) is 7.99. The van der Waals surface area contributed by atoms with Crippen molar-refractivity contribution < 1.29 is 4.74 Å². The summed E-state index contributed by atoms with van der Waals surface area (Å²) in [5.74, 6) is 0.792. The van der Waals surface area contributed by atoms with Crippen molar-refractivity contribution in [1.29, 1.82) is 0 Å². The number of aromatic nitrogens is 2. The van der Waals surface area contributed by atoms with Crippen molar-refractivity contribution in [3.63, 3.8) is 0 Å². The van der Waals surface area contributed by atoms with E-state index in [4.69, 9.17) is 17.0 Å². The third-order valence-electron chi connectivity index (χ3n) is 2.66. The van der Waals surface area contributed by atoms with Crippen molar-refractivity contribution in [3.8, 4) is 5.75 Å². The summed E-state index contributed by atoms with van der Waals surface area (Å²) in [6, 6.07) is 7.72. The summed E-state index contributed by atoms with van der Waals surface area (Å²) in [5.41, 5.74) is 0.860. The fourth-order valence-corrected chi connectivity index (χ4v) is 2.30. The molecule has 2 rings (SSSR count). The molecule has 5 nitrogen and oxygen atoms in total. The van der Waals surface area contributed by atoms with Crippen molar-refractivity contribution in [2.24, 2.45) is 0 Å². The van der Waals surface area contributed by atoms with Gasteiger partial charge in [0.25, 0.3) is 0 Å². The molecule has 0 radical (unpaired) electrons. The summed E-state index contributed by atoms with van der Waals surface area (Å²) in [7, 11) is 0. The largest absolute Gasteiger partial charge is 0.492 e. The van der Waals surface area contributed by atoms with Crippen molar-refractivity contribution in [1.82, 2.24) is 15.1 Å². The molecule has 1 heterocycles. The molecule has 2 N–H and O–H groups in total. The second-order valence-corrected chi connectivity index (χ2v) is 5.56. The number of thiocarbonyl (C=S) groups is 1. The molecular formula is C14H17BrN4OS. The maximum atomic E-state index is 5.55. The van der Waals surface area contributed by atoms with Crippen LogP contribution in [0.15, 0.2) is 41.1 Å². The molecule has 1 aromatic carbocycles. The highest BCUT2D eigenvalue weighted by Crippen LogP contribution is 2.23. The summed E-state index contributed by atoms with van der Waals surface area (Å²) in [4.78, 5) is 0. The molecule has 21 heavy (non-hydrogen) atoms. The van der Waals surface area contributed by atoms with Crippen LogP contribution in [0.25, 0.3) is 0 Å². The van der Waals surface area contributed by atoms with Crippen LogP contribution >= 0.6 is 28.1 Å². The quantitative estimate of drug-likeness (QED) is 0.767. The Morgan fingerprint density at radius 3 is 2.95 bits per heavy atom. The fraction of sp³-hybridized carbons (Fsp3) is 0.286. The molecule has 0 saturated heterocycles. The molecule has 0 atom stereocenters. The van der Waals surface area contributed by atoms with Gasteiger partial charge in [0, 0.05) is 12.7 Å². The van der Waals surface area contributed by atoms with Crippen LogP contribution in [0.3, 0.4) is 0 Å². The molecular weight excluding hydrogens is 352 g/mol. The molecule has 1 aromatic heterocycles. The lowest BCUT2D eigenvalue weighted by Gasteiger charge is -2.14. The van der Waals surface area contributed by atoms with Gasteiger partial charge in [-0.05, 0) is 47.2 Å². The molecule has 0 saturated carbocycles. The molecule has 0 aliphatic carbocycles. The summed E-state index contributed by atoms with van der Waals surface area (Å²) >= 11 is 8.65. The van der Waals surface area contributed by atoms with E-state index in [1.807, 2.05) is 42.1 Å². The molecule has 112 valence electrons. The first-order valence-electron chi connectivity index (χ1n) is 6.63. The highest BCUT2D eigenvalue weighted by molar-refractivity contribution is 9.10. The molecule has 0 fully saturated rings. The Labute approximate surface area is 137 Å². The first kappa shape index (κ1) is 15.8. The van der Waals surface area contributed by atoms with E-state index in [2.05, 4.69) is 31.7 Å². The van der Waals surface area contributed by atoms with Gasteiger partial charge in [0.15, 0.2) is 5.11 Å². The van der Waals surface area contributed by atoms with Crippen LogP contribution < -0.4 is 15.4 Å². The molecule has 0 aliphatic heterocycles. The lowest BCUT2D eigenvalue weighted by Crippen LogP contribution is -2.31. The van der Waals surface area contributed by atoms with Crippen molar-refractivity contribution >= 4 is 38.9 Å². The zero-order chi connectivity index (χ0) is 15.1. The van der Waals surface area contributed by atoms with Gasteiger partial charge >= 0.3 is 0 Å². The van der Waals surface area contributed by atoms with Crippen LogP contribution in [0.4, 0.5) is 5.69 Å². The summed E-state index contributed by atoms with van der Waals surface area (Å²) in [6.45, 7) is 4.00. The van der Waals surface area contributed by atoms with E-state index in [1.54, 1.807) is 6.20 Å². The van der Waals surface area contributed by atoms with Gasteiger partial charge in [0.05, 0.1) is 29.5 Å². The molecule has 2 aromatic rings. The van der Waals surface area contributed by atoms with Gasteiger partial charge in [-0.25, -0.2) is 0 Å². The third kappa shape index (κ3) is 5.02. The molecule has 0 aliphatic rings. The summed E-state index contributed by atoms with van der Waals surface area (Å²) in [6.07, 6.45) is 3.68. The number of rotatable bonds is 6. The standard InChI is InChI=1S/C14H17BrN4OS/c1-2-20-13-6-4-3-5-12(13)18-14(21)16-7-8-19-10-11(15)9-17-19/h3-6,9-10H,2,7-8H2,1H3,(H2,16,18,21). The number of anilines is 1. The van der Waals surface area contributed by atoms with Crippen LogP contribution in [0.5, 0.6) is 5.75 Å². The molecule has 0 spiro atoms. The van der Waals surface area contributed by atoms with Gasteiger partial charge < -0.3 is 15.4 Å². The summed E-state index contributed by atoms with van der Waals surface area (Å²) in [5, 5.41) is 11.0. The predicted octanol–water partition coefficient (Wildman–Crippen LogP) is 3.03. The minimum Gasteiger partial charge on any atom is -0.492 e. The second-order valence-electron chi connectivity index (χ2n) is 4.23. The number of nitrogens with zero attached hydrogens (tertiary/aromatic N) is 2. The number of halogens is 1. The lowest BCUT2D eigenvalue weighted by atomic mass is 10.3. The third-order valence-corrected chi connectivity index (χ3v) is 3.32. The van der Waals surface area contributed by atoms with Gasteiger partial charge in [-0.1, -0.05) is 12.1 Å². The zero-order valence-electron chi connectivity index (χ0n) is 11.7. The Morgan fingerprint density at radius 1 is 1.43 bits per heavy atom. The van der Waals surface area contributed by atoms with Crippen molar-refractivity contribution in [2.75, 3.05) is 18.5 Å². The first-order chi connectivity index (χ1) is 10.2. The number of benzene rings is 1. The van der Waals surface area contributed by atoms with Crippen LogP contribution in [-0.2, 0) is 6.54 Å². The SMILES string of the molecule is CCOc1ccccc1NC(=S)NCCn1cc(Br)cn1. The lowest BCUT2D eigenvalue weighted by molar-refractivity contribution is 0.342. The Morgan fingerprint density at radius 2 is 2.24 bits per heavy atom. The number of ether oxygens (including phenoxy) is 1.